The van der Waals surface area contributed by atoms with Gasteiger partial charge in [0.05, 0.1) is 17.1 Å². The Hall–Kier alpha value is -2.80. The SMILES string of the molecule is Cc1ccc(CCNC(=O)c2ccc3c(c2)nc(N2CCC(O)C2)n3C)o1. The van der Waals surface area contributed by atoms with Gasteiger partial charge in [0.25, 0.3) is 5.91 Å². The zero-order valence-corrected chi connectivity index (χ0v) is 15.6. The number of imidazole rings is 1. The van der Waals surface area contributed by atoms with E-state index in [2.05, 4.69) is 15.2 Å². The van der Waals surface area contributed by atoms with Crippen LogP contribution in [0.2, 0.25) is 0 Å². The van der Waals surface area contributed by atoms with Crippen molar-refractivity contribution in [3.63, 3.8) is 0 Å². The van der Waals surface area contributed by atoms with E-state index in [1.54, 1.807) is 0 Å². The molecular formula is C20H24N4O3. The molecule has 1 aliphatic heterocycles. The number of furan rings is 1. The van der Waals surface area contributed by atoms with Crippen molar-refractivity contribution in [1.82, 2.24) is 14.9 Å². The van der Waals surface area contributed by atoms with Crippen LogP contribution >= 0.6 is 0 Å². The number of anilines is 1. The molecule has 1 fully saturated rings. The second-order valence-electron chi connectivity index (χ2n) is 7.08. The minimum absolute atomic E-state index is 0.121. The fourth-order valence-electron chi connectivity index (χ4n) is 3.56. The highest BCUT2D eigenvalue weighted by Crippen LogP contribution is 2.25. The van der Waals surface area contributed by atoms with Crippen molar-refractivity contribution in [2.45, 2.75) is 25.9 Å². The number of fused-ring (bicyclic) bond motifs is 1. The fraction of sp³-hybridized carbons (Fsp3) is 0.400. The number of carbonyl (C=O) groups excluding carboxylic acids is 1. The van der Waals surface area contributed by atoms with Gasteiger partial charge in [-0.3, -0.25) is 4.79 Å². The Labute approximate surface area is 157 Å². The van der Waals surface area contributed by atoms with Crippen molar-refractivity contribution < 1.29 is 14.3 Å². The second-order valence-corrected chi connectivity index (χ2v) is 7.08. The maximum atomic E-state index is 12.5. The summed E-state index contributed by atoms with van der Waals surface area (Å²) in [6.07, 6.45) is 1.11. The number of aliphatic hydroxyl groups is 1. The molecule has 0 spiro atoms. The number of nitrogens with one attached hydrogen (secondary N) is 1. The highest BCUT2D eigenvalue weighted by Gasteiger charge is 2.24. The van der Waals surface area contributed by atoms with Crippen LogP contribution in [0.4, 0.5) is 5.95 Å². The van der Waals surface area contributed by atoms with Gasteiger partial charge in [-0.05, 0) is 43.7 Å². The molecule has 2 N–H and O–H groups in total. The zero-order valence-electron chi connectivity index (χ0n) is 15.6. The minimum atomic E-state index is -0.302. The molecule has 3 heterocycles. The molecular weight excluding hydrogens is 344 g/mol. The molecule has 0 radical (unpaired) electrons. The van der Waals surface area contributed by atoms with Crippen LogP contribution in [-0.2, 0) is 13.5 Å². The first-order chi connectivity index (χ1) is 13.0. The van der Waals surface area contributed by atoms with E-state index in [9.17, 15) is 9.90 Å². The lowest BCUT2D eigenvalue weighted by Gasteiger charge is -2.16. The average Bonchev–Trinajstić information content (AvgIpc) is 3.34. The number of carbonyl (C=O) groups is 1. The van der Waals surface area contributed by atoms with Gasteiger partial charge in [0.1, 0.15) is 11.5 Å². The summed E-state index contributed by atoms with van der Waals surface area (Å²) in [5, 5.41) is 12.7. The Balaban J connectivity index is 1.46. The summed E-state index contributed by atoms with van der Waals surface area (Å²) in [6.45, 7) is 3.80. The monoisotopic (exact) mass is 368 g/mol. The third kappa shape index (κ3) is 3.55. The lowest BCUT2D eigenvalue weighted by Crippen LogP contribution is -2.25. The van der Waals surface area contributed by atoms with Crippen LogP contribution in [0.1, 0.15) is 28.3 Å². The summed E-state index contributed by atoms with van der Waals surface area (Å²) in [6, 6.07) is 9.40. The molecule has 1 saturated heterocycles. The Morgan fingerprint density at radius 3 is 2.93 bits per heavy atom. The number of hydrogen-bond acceptors (Lipinski definition) is 5. The number of hydrogen-bond donors (Lipinski definition) is 2. The van der Waals surface area contributed by atoms with Crippen molar-refractivity contribution >= 4 is 22.9 Å². The predicted molar refractivity (Wildman–Crippen MR) is 103 cm³/mol. The molecule has 2 aromatic heterocycles. The van der Waals surface area contributed by atoms with Gasteiger partial charge in [-0.25, -0.2) is 4.98 Å². The summed E-state index contributed by atoms with van der Waals surface area (Å²) < 4.78 is 7.52. The first kappa shape index (κ1) is 17.6. The number of benzene rings is 1. The van der Waals surface area contributed by atoms with Crippen molar-refractivity contribution in [3.8, 4) is 0 Å². The third-order valence-electron chi connectivity index (χ3n) is 5.02. The number of aliphatic hydroxyl groups excluding tert-OH is 1. The van der Waals surface area contributed by atoms with Gasteiger partial charge in [0.15, 0.2) is 0 Å². The average molecular weight is 368 g/mol. The van der Waals surface area contributed by atoms with Crippen molar-refractivity contribution in [1.29, 1.82) is 0 Å². The van der Waals surface area contributed by atoms with Crippen molar-refractivity contribution in [2.75, 3.05) is 24.5 Å². The van der Waals surface area contributed by atoms with Gasteiger partial charge in [-0.1, -0.05) is 0 Å². The number of nitrogens with zero attached hydrogens (tertiary/aromatic N) is 3. The topological polar surface area (TPSA) is 83.5 Å². The molecule has 1 amide bonds. The largest absolute Gasteiger partial charge is 0.466 e. The number of β-amino-alcohol motifs (C(OH)–C–C–N with tert-alkyl or cyclic N) is 1. The van der Waals surface area contributed by atoms with Gasteiger partial charge in [0, 0.05) is 38.7 Å². The van der Waals surface area contributed by atoms with Crippen LogP contribution in [0.5, 0.6) is 0 Å². The first-order valence-electron chi connectivity index (χ1n) is 9.24. The van der Waals surface area contributed by atoms with Crippen LogP contribution in [0.15, 0.2) is 34.7 Å². The first-order valence-corrected chi connectivity index (χ1v) is 9.24. The molecule has 1 aliphatic rings. The van der Waals surface area contributed by atoms with E-state index in [1.165, 1.54) is 0 Å². The molecule has 1 aromatic carbocycles. The molecule has 0 bridgehead atoms. The van der Waals surface area contributed by atoms with Crippen LogP contribution in [0.3, 0.4) is 0 Å². The van der Waals surface area contributed by atoms with E-state index < -0.39 is 0 Å². The number of rotatable bonds is 5. The van der Waals surface area contributed by atoms with E-state index in [0.29, 0.717) is 25.1 Å². The zero-order chi connectivity index (χ0) is 19.0. The Kier molecular flexibility index (Phi) is 4.61. The van der Waals surface area contributed by atoms with Crippen LogP contribution in [0, 0.1) is 6.92 Å². The predicted octanol–water partition coefficient (Wildman–Crippen LogP) is 2.02. The van der Waals surface area contributed by atoms with E-state index in [-0.39, 0.29) is 12.0 Å². The molecule has 3 aromatic rings. The lowest BCUT2D eigenvalue weighted by atomic mass is 10.2. The van der Waals surface area contributed by atoms with Crippen LogP contribution < -0.4 is 10.2 Å². The van der Waals surface area contributed by atoms with Crippen molar-refractivity contribution in [3.05, 3.63) is 47.4 Å². The minimum Gasteiger partial charge on any atom is -0.466 e. The summed E-state index contributed by atoms with van der Waals surface area (Å²) in [5.74, 6) is 2.44. The molecule has 7 nitrogen and oxygen atoms in total. The maximum absolute atomic E-state index is 12.5. The Morgan fingerprint density at radius 2 is 2.22 bits per heavy atom. The van der Waals surface area contributed by atoms with Crippen molar-refractivity contribution in [2.24, 2.45) is 7.05 Å². The molecule has 0 aliphatic carbocycles. The molecule has 1 atom stereocenters. The number of aryl methyl sites for hydroxylation is 2. The van der Waals surface area contributed by atoms with Gasteiger partial charge in [-0.2, -0.15) is 0 Å². The van der Waals surface area contributed by atoms with Crippen LogP contribution in [0.25, 0.3) is 11.0 Å². The van der Waals surface area contributed by atoms with Gasteiger partial charge >= 0.3 is 0 Å². The Bertz CT molecular complexity index is 975. The lowest BCUT2D eigenvalue weighted by molar-refractivity contribution is 0.0954. The number of amides is 1. The molecule has 7 heteroatoms. The molecule has 1 unspecified atom stereocenters. The normalized spacial score (nSPS) is 17.0. The maximum Gasteiger partial charge on any atom is 0.251 e. The second kappa shape index (κ2) is 7.08. The summed E-state index contributed by atoms with van der Waals surface area (Å²) in [4.78, 5) is 19.2. The van der Waals surface area contributed by atoms with E-state index in [0.717, 1.165) is 41.5 Å². The van der Waals surface area contributed by atoms with E-state index in [1.807, 2.05) is 48.9 Å². The molecule has 27 heavy (non-hydrogen) atoms. The summed E-state index contributed by atoms with van der Waals surface area (Å²) in [7, 11) is 1.96. The summed E-state index contributed by atoms with van der Waals surface area (Å²) >= 11 is 0. The van der Waals surface area contributed by atoms with E-state index in [4.69, 9.17) is 4.42 Å². The standard InChI is InChI=1S/C20H24N4O3/c1-13-3-5-16(27-13)7-9-21-19(26)14-4-6-18-17(11-14)22-20(23(18)2)24-10-8-15(25)12-24/h3-6,11,15,25H,7-10,12H2,1-2H3,(H,21,26). The van der Waals surface area contributed by atoms with E-state index >= 15 is 0 Å². The molecule has 0 saturated carbocycles. The van der Waals surface area contributed by atoms with Gasteiger partial charge in [0.2, 0.25) is 5.95 Å². The third-order valence-corrected chi connectivity index (χ3v) is 5.02. The molecule has 142 valence electrons. The summed E-state index contributed by atoms with van der Waals surface area (Å²) in [5.41, 5.74) is 2.33. The quantitative estimate of drug-likeness (QED) is 0.720. The van der Waals surface area contributed by atoms with Crippen LogP contribution in [-0.4, -0.2) is 46.3 Å². The molecule has 4 rings (SSSR count). The smallest absolute Gasteiger partial charge is 0.251 e. The van der Waals surface area contributed by atoms with Gasteiger partial charge < -0.3 is 24.3 Å². The van der Waals surface area contributed by atoms with Gasteiger partial charge in [-0.15, -0.1) is 0 Å². The highest BCUT2D eigenvalue weighted by atomic mass is 16.3. The fourth-order valence-corrected chi connectivity index (χ4v) is 3.56. The highest BCUT2D eigenvalue weighted by molar-refractivity contribution is 5.97. The number of aromatic nitrogens is 2. The Morgan fingerprint density at radius 1 is 1.37 bits per heavy atom.